The molecule has 0 saturated heterocycles. The second kappa shape index (κ2) is 12.1. The van der Waals surface area contributed by atoms with Gasteiger partial charge >= 0.3 is 0 Å². The number of halogens is 1. The molecule has 0 saturated carbocycles. The topological polar surface area (TPSA) is 88.9 Å². The van der Waals surface area contributed by atoms with Crippen LogP contribution in [0.2, 0.25) is 5.02 Å². The molecule has 0 aliphatic heterocycles. The molecule has 2 amide bonds. The van der Waals surface area contributed by atoms with E-state index in [4.69, 9.17) is 11.6 Å². The van der Waals surface area contributed by atoms with Crippen molar-refractivity contribution >= 4 is 51.6 Å². The Morgan fingerprint density at radius 1 is 1.05 bits per heavy atom. The Morgan fingerprint density at radius 3 is 2.51 bits per heavy atom. The van der Waals surface area contributed by atoms with Gasteiger partial charge in [-0.3, -0.25) is 9.59 Å². The number of carbonyl (C=O) groups is 2. The molecule has 1 unspecified atom stereocenters. The first-order valence-electron chi connectivity index (χ1n) is 11.9. The molecule has 37 heavy (non-hydrogen) atoms. The van der Waals surface area contributed by atoms with Crippen molar-refractivity contribution in [1.29, 1.82) is 0 Å². The van der Waals surface area contributed by atoms with E-state index >= 15 is 0 Å². The highest BCUT2D eigenvalue weighted by Gasteiger charge is 2.27. The predicted molar refractivity (Wildman–Crippen MR) is 150 cm³/mol. The van der Waals surface area contributed by atoms with Crippen LogP contribution in [0.4, 0.5) is 5.69 Å². The molecule has 7 nitrogen and oxygen atoms in total. The molecule has 0 spiro atoms. The maximum Gasteiger partial charge on any atom is 0.253 e. The van der Waals surface area contributed by atoms with Crippen LogP contribution in [-0.2, 0) is 11.3 Å². The lowest BCUT2D eigenvalue weighted by molar-refractivity contribution is -0.113. The number of allylic oxidation sites excluding steroid dienone is 1. The van der Waals surface area contributed by atoms with Crippen LogP contribution >= 0.6 is 23.4 Å². The molecule has 190 valence electrons. The van der Waals surface area contributed by atoms with Gasteiger partial charge in [-0.2, -0.15) is 0 Å². The zero-order chi connectivity index (χ0) is 26.4. The second-order valence-electron chi connectivity index (χ2n) is 8.81. The molecule has 9 heteroatoms. The zero-order valence-electron chi connectivity index (χ0n) is 20.6. The number of rotatable bonds is 10. The Bertz CT molecular complexity index is 1440. The molecular formula is C28H28ClN5O2S. The summed E-state index contributed by atoms with van der Waals surface area (Å²) < 4.78 is 1.87. The van der Waals surface area contributed by atoms with Gasteiger partial charge in [0.25, 0.3) is 5.91 Å². The minimum Gasteiger partial charge on any atom is -0.342 e. The van der Waals surface area contributed by atoms with E-state index in [0.717, 1.165) is 16.5 Å². The predicted octanol–water partition coefficient (Wildman–Crippen LogP) is 6.13. The molecule has 0 aliphatic carbocycles. The normalized spacial score (nSPS) is 11.9. The van der Waals surface area contributed by atoms with Crippen LogP contribution in [-0.4, -0.2) is 32.3 Å². The summed E-state index contributed by atoms with van der Waals surface area (Å²) in [6.07, 6.45) is 1.74. The van der Waals surface area contributed by atoms with E-state index in [0.29, 0.717) is 28.1 Å². The first kappa shape index (κ1) is 26.4. The Morgan fingerprint density at radius 2 is 1.78 bits per heavy atom. The van der Waals surface area contributed by atoms with Crippen molar-refractivity contribution < 1.29 is 9.59 Å². The lowest BCUT2D eigenvalue weighted by Crippen LogP contribution is -2.34. The molecule has 1 atom stereocenters. The maximum absolute atomic E-state index is 13.0. The standard InChI is InChI=1S/C28H28ClN5O2S/c1-4-15-34-26(25(18(2)3)31-27(36)22-11-7-8-12-23(22)29)32-33-28(34)37-17-24(35)30-21-14-13-19-9-5-6-10-20(19)16-21/h4-14,16,18,25H,1,15,17H2,2-3H3,(H,30,35)(H,31,36). The van der Waals surface area contributed by atoms with E-state index in [1.807, 2.05) is 60.9 Å². The van der Waals surface area contributed by atoms with Gasteiger partial charge in [0.2, 0.25) is 5.91 Å². The van der Waals surface area contributed by atoms with Crippen LogP contribution in [0.3, 0.4) is 0 Å². The van der Waals surface area contributed by atoms with Crippen molar-refractivity contribution in [3.63, 3.8) is 0 Å². The third kappa shape index (κ3) is 6.39. The van der Waals surface area contributed by atoms with Gasteiger partial charge in [-0.15, -0.1) is 16.8 Å². The van der Waals surface area contributed by atoms with Crippen molar-refractivity contribution in [3.05, 3.63) is 95.8 Å². The van der Waals surface area contributed by atoms with Crippen LogP contribution in [0, 0.1) is 5.92 Å². The molecular weight excluding hydrogens is 506 g/mol. The lowest BCUT2D eigenvalue weighted by Gasteiger charge is -2.23. The van der Waals surface area contributed by atoms with Gasteiger partial charge < -0.3 is 15.2 Å². The van der Waals surface area contributed by atoms with Crippen LogP contribution in [0.5, 0.6) is 0 Å². The number of hydrogen-bond acceptors (Lipinski definition) is 5. The fourth-order valence-electron chi connectivity index (χ4n) is 3.93. The first-order valence-corrected chi connectivity index (χ1v) is 13.2. The molecule has 0 radical (unpaired) electrons. The maximum atomic E-state index is 13.0. The summed E-state index contributed by atoms with van der Waals surface area (Å²) in [6, 6.07) is 20.3. The van der Waals surface area contributed by atoms with Gasteiger partial charge in [-0.1, -0.05) is 85.8 Å². The van der Waals surface area contributed by atoms with Crippen molar-refractivity contribution in [2.75, 3.05) is 11.1 Å². The molecule has 4 rings (SSSR count). The number of aromatic nitrogens is 3. The van der Waals surface area contributed by atoms with Gasteiger partial charge in [0.05, 0.1) is 22.4 Å². The lowest BCUT2D eigenvalue weighted by atomic mass is 10.0. The summed E-state index contributed by atoms with van der Waals surface area (Å²) in [5.74, 6) is 0.324. The highest BCUT2D eigenvalue weighted by molar-refractivity contribution is 7.99. The number of nitrogens with zero attached hydrogens (tertiary/aromatic N) is 3. The summed E-state index contributed by atoms with van der Waals surface area (Å²) in [7, 11) is 0. The summed E-state index contributed by atoms with van der Waals surface area (Å²) in [6.45, 7) is 8.27. The van der Waals surface area contributed by atoms with Gasteiger partial charge in [-0.05, 0) is 41.0 Å². The summed E-state index contributed by atoms with van der Waals surface area (Å²) in [4.78, 5) is 25.7. The van der Waals surface area contributed by atoms with E-state index in [1.165, 1.54) is 11.8 Å². The van der Waals surface area contributed by atoms with Gasteiger partial charge in [0.1, 0.15) is 0 Å². The Balaban J connectivity index is 1.48. The highest BCUT2D eigenvalue weighted by atomic mass is 35.5. The quantitative estimate of drug-likeness (QED) is 0.189. The Labute approximate surface area is 225 Å². The van der Waals surface area contributed by atoms with E-state index in [2.05, 4.69) is 27.4 Å². The molecule has 0 fully saturated rings. The molecule has 0 bridgehead atoms. The van der Waals surface area contributed by atoms with Gasteiger partial charge in [0, 0.05) is 12.2 Å². The van der Waals surface area contributed by atoms with E-state index in [-0.39, 0.29) is 23.5 Å². The van der Waals surface area contributed by atoms with Gasteiger partial charge in [-0.25, -0.2) is 0 Å². The molecule has 4 aromatic rings. The number of hydrogen-bond donors (Lipinski definition) is 2. The molecule has 1 heterocycles. The van der Waals surface area contributed by atoms with E-state index in [1.54, 1.807) is 30.3 Å². The third-order valence-electron chi connectivity index (χ3n) is 5.77. The number of benzene rings is 3. The third-order valence-corrected chi connectivity index (χ3v) is 7.07. The number of fused-ring (bicyclic) bond motifs is 1. The smallest absolute Gasteiger partial charge is 0.253 e. The molecule has 0 aliphatic rings. The van der Waals surface area contributed by atoms with Crippen molar-refractivity contribution in [2.24, 2.45) is 5.92 Å². The SMILES string of the molecule is C=CCn1c(SCC(=O)Nc2ccc3ccccc3c2)nnc1C(NC(=O)c1ccccc1Cl)C(C)C. The van der Waals surface area contributed by atoms with Crippen LogP contribution in [0.25, 0.3) is 10.8 Å². The number of amides is 2. The monoisotopic (exact) mass is 533 g/mol. The van der Waals surface area contributed by atoms with Crippen LogP contribution in [0.15, 0.2) is 84.5 Å². The first-order chi connectivity index (χ1) is 17.9. The van der Waals surface area contributed by atoms with Crippen molar-refractivity contribution in [2.45, 2.75) is 31.6 Å². The molecule has 3 aromatic carbocycles. The molecule has 2 N–H and O–H groups in total. The van der Waals surface area contributed by atoms with Crippen molar-refractivity contribution in [3.8, 4) is 0 Å². The highest BCUT2D eigenvalue weighted by Crippen LogP contribution is 2.27. The van der Waals surface area contributed by atoms with E-state index in [9.17, 15) is 9.59 Å². The number of carbonyl (C=O) groups excluding carboxylic acids is 2. The molecule has 1 aromatic heterocycles. The number of nitrogens with one attached hydrogen (secondary N) is 2. The minimum atomic E-state index is -0.419. The summed E-state index contributed by atoms with van der Waals surface area (Å²) in [5.41, 5.74) is 1.13. The van der Waals surface area contributed by atoms with Crippen molar-refractivity contribution in [1.82, 2.24) is 20.1 Å². The second-order valence-corrected chi connectivity index (χ2v) is 10.2. The van der Waals surface area contributed by atoms with Gasteiger partial charge in [0.15, 0.2) is 11.0 Å². The zero-order valence-corrected chi connectivity index (χ0v) is 22.2. The summed E-state index contributed by atoms with van der Waals surface area (Å²) in [5, 5.41) is 17.8. The minimum absolute atomic E-state index is 0.0215. The van der Waals surface area contributed by atoms with Crippen LogP contribution in [0.1, 0.15) is 36.1 Å². The fourth-order valence-corrected chi connectivity index (χ4v) is 4.90. The summed E-state index contributed by atoms with van der Waals surface area (Å²) >= 11 is 7.50. The number of anilines is 1. The van der Waals surface area contributed by atoms with E-state index < -0.39 is 6.04 Å². The average molecular weight is 534 g/mol. The Hall–Kier alpha value is -3.62. The fraction of sp³-hybridized carbons (Fsp3) is 0.214. The van der Waals surface area contributed by atoms with Crippen LogP contribution < -0.4 is 10.6 Å². The Kier molecular flexibility index (Phi) is 8.63. The largest absolute Gasteiger partial charge is 0.342 e. The average Bonchev–Trinajstić information content (AvgIpc) is 3.28. The number of thioether (sulfide) groups is 1.